The predicted octanol–water partition coefficient (Wildman–Crippen LogP) is 4.84. The Kier molecular flexibility index (Phi) is 6.28. The first-order valence-corrected chi connectivity index (χ1v) is 10.7. The van der Waals surface area contributed by atoms with E-state index in [1.165, 1.54) is 36.9 Å². The summed E-state index contributed by atoms with van der Waals surface area (Å²) in [5.74, 6) is 0.787. The Morgan fingerprint density at radius 3 is 2.54 bits per heavy atom. The first kappa shape index (κ1) is 21.0. The van der Waals surface area contributed by atoms with Crippen molar-refractivity contribution in [3.63, 3.8) is 0 Å². The summed E-state index contributed by atoms with van der Waals surface area (Å²) >= 11 is 0. The van der Waals surface area contributed by atoms with Gasteiger partial charge in [0, 0.05) is 31.8 Å². The van der Waals surface area contributed by atoms with Crippen molar-refractivity contribution >= 4 is 18.3 Å². The number of amides is 1. The van der Waals surface area contributed by atoms with Gasteiger partial charge in [-0.25, -0.2) is 0 Å². The van der Waals surface area contributed by atoms with E-state index in [1.54, 1.807) is 18.2 Å². The van der Waals surface area contributed by atoms with Gasteiger partial charge in [-0.2, -0.15) is 0 Å². The topological polar surface area (TPSA) is 41.9 Å². The van der Waals surface area contributed by atoms with Crippen molar-refractivity contribution in [1.29, 1.82) is 0 Å². The second kappa shape index (κ2) is 8.36. The number of nitrogens with zero attached hydrogens (tertiary/aromatic N) is 2. The van der Waals surface area contributed by atoms with Gasteiger partial charge < -0.3 is 9.64 Å². The highest BCUT2D eigenvalue weighted by atomic mass is 16.5. The lowest BCUT2D eigenvalue weighted by molar-refractivity contribution is -0.119. The van der Waals surface area contributed by atoms with E-state index in [4.69, 9.17) is 9.73 Å². The number of methoxy groups -OCH3 is 1. The van der Waals surface area contributed by atoms with Gasteiger partial charge in [0.1, 0.15) is 0 Å². The molecule has 1 amide bonds. The third-order valence-electron chi connectivity index (χ3n) is 6.48. The molecule has 1 spiro atoms. The largest absolute Gasteiger partial charge is 0.379 e. The van der Waals surface area contributed by atoms with E-state index >= 15 is 0 Å². The summed E-state index contributed by atoms with van der Waals surface area (Å²) < 4.78 is 4.94. The van der Waals surface area contributed by atoms with E-state index in [-0.39, 0.29) is 11.0 Å². The van der Waals surface area contributed by atoms with Crippen LogP contribution in [0.3, 0.4) is 0 Å². The molecule has 1 unspecified atom stereocenters. The number of aliphatic imine (C=N–C) groups is 1. The molecule has 2 heterocycles. The van der Waals surface area contributed by atoms with E-state index in [0.29, 0.717) is 0 Å². The van der Waals surface area contributed by atoms with Gasteiger partial charge in [-0.3, -0.25) is 9.79 Å². The molecule has 0 aromatic heterocycles. The van der Waals surface area contributed by atoms with Crippen LogP contribution in [-0.4, -0.2) is 43.3 Å². The van der Waals surface area contributed by atoms with Crippen LogP contribution in [0.1, 0.15) is 70.1 Å². The molecule has 4 nitrogen and oxygen atoms in total. The molecule has 3 aliphatic rings. The normalized spacial score (nSPS) is 22.8. The molecule has 4 heteroatoms. The Bertz CT molecular complexity index is 725. The zero-order chi connectivity index (χ0) is 20.4. The van der Waals surface area contributed by atoms with Crippen LogP contribution in [0, 0.1) is 5.92 Å². The van der Waals surface area contributed by atoms with Crippen LogP contribution in [-0.2, 0) is 27.8 Å². The fourth-order valence-corrected chi connectivity index (χ4v) is 4.59. The number of piperidine rings is 1. The van der Waals surface area contributed by atoms with Crippen LogP contribution in [0.4, 0.5) is 5.69 Å². The molecular formula is C24H36N2O2. The van der Waals surface area contributed by atoms with Gasteiger partial charge in [0.05, 0.1) is 11.3 Å². The summed E-state index contributed by atoms with van der Waals surface area (Å²) in [5, 5.41) is 0. The molecule has 154 valence electrons. The average molecular weight is 385 g/mol. The molecule has 0 saturated carbocycles. The summed E-state index contributed by atoms with van der Waals surface area (Å²) in [6, 6.07) is 4.54. The fraction of sp³-hybridized carbons (Fsp3) is 0.667. The number of carbonyl (C=O) groups is 1. The molecule has 1 aliphatic carbocycles. The summed E-state index contributed by atoms with van der Waals surface area (Å²) in [6.07, 6.45) is 10.3. The number of fused-ring (bicyclic) bond motifs is 4. The minimum absolute atomic E-state index is 0.0417. The molecule has 1 fully saturated rings. The molecule has 0 N–H and O–H groups in total. The maximum Gasteiger partial charge on any atom is 0.209 e. The second-order valence-electron chi connectivity index (χ2n) is 9.67. The number of hydrogen-bond donors (Lipinski definition) is 0. The van der Waals surface area contributed by atoms with Crippen molar-refractivity contribution in [2.24, 2.45) is 10.9 Å². The van der Waals surface area contributed by atoms with Gasteiger partial charge in [0.15, 0.2) is 0 Å². The third kappa shape index (κ3) is 4.48. The van der Waals surface area contributed by atoms with E-state index in [1.807, 2.05) is 25.7 Å². The molecule has 4 rings (SSSR count). The molecule has 2 aliphatic heterocycles. The van der Waals surface area contributed by atoms with Crippen LogP contribution in [0.5, 0.6) is 0 Å². The van der Waals surface area contributed by atoms with Crippen LogP contribution >= 0.6 is 0 Å². The van der Waals surface area contributed by atoms with Gasteiger partial charge in [-0.1, -0.05) is 19.4 Å². The number of rotatable bonds is 1. The van der Waals surface area contributed by atoms with E-state index in [0.717, 1.165) is 38.3 Å². The summed E-state index contributed by atoms with van der Waals surface area (Å²) in [6.45, 7) is 10.1. The van der Waals surface area contributed by atoms with Crippen molar-refractivity contribution in [2.45, 2.75) is 77.2 Å². The van der Waals surface area contributed by atoms with Crippen molar-refractivity contribution in [1.82, 2.24) is 4.90 Å². The standard InChI is InChI=1S/C19H24N2O.C5H12O/c1-14-3-2-4-16-15(11-14)5-6-17-18(16)19(12-20-17)7-9-21(13-22)10-8-19;1-5(2,3)6-4/h5-6,12-14H,2-4,7-11H2,1H3;1-4H3. The summed E-state index contributed by atoms with van der Waals surface area (Å²) in [5.41, 5.74) is 5.95. The number of likely N-dealkylation sites (tertiary alicyclic amines) is 1. The zero-order valence-corrected chi connectivity index (χ0v) is 18.3. The number of hydrogen-bond acceptors (Lipinski definition) is 3. The maximum atomic E-state index is 11.0. The molecule has 1 aromatic carbocycles. The predicted molar refractivity (Wildman–Crippen MR) is 116 cm³/mol. The SMILES string of the molecule is CC1CCCc2c(ccc3c2C2(C=N3)CCN(C=O)CC2)C1.COC(C)(C)C. The summed E-state index contributed by atoms with van der Waals surface area (Å²) in [4.78, 5) is 17.7. The number of benzene rings is 1. The fourth-order valence-electron chi connectivity index (χ4n) is 4.59. The quantitative estimate of drug-likeness (QED) is 0.514. The molecule has 1 atom stereocenters. The summed E-state index contributed by atoms with van der Waals surface area (Å²) in [7, 11) is 1.71. The van der Waals surface area contributed by atoms with Crippen molar-refractivity contribution in [3.05, 3.63) is 28.8 Å². The Morgan fingerprint density at radius 1 is 1.25 bits per heavy atom. The van der Waals surface area contributed by atoms with Gasteiger partial charge in [0.25, 0.3) is 0 Å². The first-order chi connectivity index (χ1) is 13.3. The highest BCUT2D eigenvalue weighted by Gasteiger charge is 2.41. The van der Waals surface area contributed by atoms with Crippen LogP contribution in [0.2, 0.25) is 0 Å². The smallest absolute Gasteiger partial charge is 0.209 e. The lowest BCUT2D eigenvalue weighted by Crippen LogP contribution is -2.42. The Balaban J connectivity index is 0.000000330. The van der Waals surface area contributed by atoms with Crippen molar-refractivity contribution in [2.75, 3.05) is 20.2 Å². The number of carbonyl (C=O) groups excluding carboxylic acids is 1. The molecule has 0 radical (unpaired) electrons. The van der Waals surface area contributed by atoms with Crippen molar-refractivity contribution in [3.8, 4) is 0 Å². The van der Waals surface area contributed by atoms with Crippen LogP contribution in [0.25, 0.3) is 0 Å². The molecule has 1 saturated heterocycles. The average Bonchev–Trinajstić information content (AvgIpc) is 2.90. The Labute approximate surface area is 170 Å². The maximum absolute atomic E-state index is 11.0. The van der Waals surface area contributed by atoms with Gasteiger partial charge >= 0.3 is 0 Å². The first-order valence-electron chi connectivity index (χ1n) is 10.7. The van der Waals surface area contributed by atoms with E-state index in [9.17, 15) is 4.79 Å². The van der Waals surface area contributed by atoms with E-state index in [2.05, 4.69) is 25.3 Å². The van der Waals surface area contributed by atoms with Crippen LogP contribution in [0.15, 0.2) is 17.1 Å². The third-order valence-corrected chi connectivity index (χ3v) is 6.48. The minimum Gasteiger partial charge on any atom is -0.379 e. The lowest BCUT2D eigenvalue weighted by Gasteiger charge is -2.38. The van der Waals surface area contributed by atoms with Gasteiger partial charge in [0.2, 0.25) is 6.41 Å². The van der Waals surface area contributed by atoms with Crippen molar-refractivity contribution < 1.29 is 9.53 Å². The van der Waals surface area contributed by atoms with Crippen LogP contribution < -0.4 is 0 Å². The Hall–Kier alpha value is -1.68. The highest BCUT2D eigenvalue weighted by molar-refractivity contribution is 5.87. The lowest BCUT2D eigenvalue weighted by atomic mass is 9.71. The van der Waals surface area contributed by atoms with Gasteiger partial charge in [-0.05, 0) is 81.5 Å². The molecule has 0 bridgehead atoms. The molecule has 1 aromatic rings. The highest BCUT2D eigenvalue weighted by Crippen LogP contribution is 2.47. The molecular weight excluding hydrogens is 348 g/mol. The van der Waals surface area contributed by atoms with E-state index < -0.39 is 0 Å². The minimum atomic E-state index is 0.0417. The zero-order valence-electron chi connectivity index (χ0n) is 18.3. The second-order valence-corrected chi connectivity index (χ2v) is 9.67. The molecule has 28 heavy (non-hydrogen) atoms. The van der Waals surface area contributed by atoms with Gasteiger partial charge in [-0.15, -0.1) is 0 Å². The monoisotopic (exact) mass is 384 g/mol. The number of ether oxygens (including phenoxy) is 1. The Morgan fingerprint density at radius 2 is 1.93 bits per heavy atom.